The highest BCUT2D eigenvalue weighted by Crippen LogP contribution is 2.20. The lowest BCUT2D eigenvalue weighted by Gasteiger charge is -2.18. The Labute approximate surface area is 124 Å². The minimum Gasteiger partial charge on any atom is -0.423 e. The van der Waals surface area contributed by atoms with Crippen molar-refractivity contribution in [3.8, 4) is 0 Å². The van der Waals surface area contributed by atoms with Gasteiger partial charge in [-0.25, -0.2) is 0 Å². The van der Waals surface area contributed by atoms with Crippen molar-refractivity contribution in [2.24, 2.45) is 0 Å². The van der Waals surface area contributed by atoms with Crippen LogP contribution in [0.2, 0.25) is 0 Å². The third-order valence-corrected chi connectivity index (χ3v) is 3.41. The molecule has 0 fully saturated rings. The van der Waals surface area contributed by atoms with Crippen molar-refractivity contribution in [2.75, 3.05) is 18.1 Å². The second-order valence-electron chi connectivity index (χ2n) is 4.89. The Kier molecular flexibility index (Phi) is 4.17. The summed E-state index contributed by atoms with van der Waals surface area (Å²) < 4.78 is 5.80. The monoisotopic (exact) mass is 281 g/mol. The molecule has 0 amide bonds. The van der Waals surface area contributed by atoms with E-state index in [1.165, 1.54) is 5.56 Å². The van der Waals surface area contributed by atoms with E-state index in [2.05, 4.69) is 46.4 Å². The summed E-state index contributed by atoms with van der Waals surface area (Å²) in [5.74, 6) is 0. The summed E-state index contributed by atoms with van der Waals surface area (Å²) in [7, 11) is 0. The molecule has 3 aromatic rings. The van der Waals surface area contributed by atoms with Gasteiger partial charge in [0, 0.05) is 13.1 Å². The normalized spacial score (nSPS) is 10.9. The van der Waals surface area contributed by atoms with Gasteiger partial charge >= 0.3 is 0 Å². The maximum absolute atomic E-state index is 5.80. The molecule has 3 rings (SSSR count). The highest BCUT2D eigenvalue weighted by Gasteiger charge is 2.11. The van der Waals surface area contributed by atoms with Crippen LogP contribution in [0.15, 0.2) is 59.0 Å². The minimum atomic E-state index is 0.666. The molecule has 4 nitrogen and oxygen atoms in total. The van der Waals surface area contributed by atoms with E-state index in [1.54, 1.807) is 0 Å². The quantitative estimate of drug-likeness (QED) is 0.703. The van der Waals surface area contributed by atoms with Gasteiger partial charge in [-0.15, -0.1) is 0 Å². The molecular formula is C17H19N3O. The average molecular weight is 281 g/mol. The summed E-state index contributed by atoms with van der Waals surface area (Å²) >= 11 is 0. The molecule has 1 heterocycles. The van der Waals surface area contributed by atoms with Crippen LogP contribution in [0.5, 0.6) is 0 Å². The molecule has 21 heavy (non-hydrogen) atoms. The van der Waals surface area contributed by atoms with E-state index >= 15 is 0 Å². The molecule has 0 aliphatic heterocycles. The number of oxazole rings is 1. The number of hydrogen-bond donors (Lipinski definition) is 1. The van der Waals surface area contributed by atoms with Crippen LogP contribution in [0.4, 0.5) is 6.01 Å². The average Bonchev–Trinajstić information content (AvgIpc) is 2.96. The number of anilines is 1. The summed E-state index contributed by atoms with van der Waals surface area (Å²) in [6.07, 6.45) is 0. The summed E-state index contributed by atoms with van der Waals surface area (Å²) in [6.45, 7) is 4.48. The second-order valence-corrected chi connectivity index (χ2v) is 4.89. The van der Waals surface area contributed by atoms with Crippen LogP contribution in [0.3, 0.4) is 0 Å². The van der Waals surface area contributed by atoms with Crippen molar-refractivity contribution in [2.45, 2.75) is 13.5 Å². The third-order valence-electron chi connectivity index (χ3n) is 3.41. The second kappa shape index (κ2) is 6.41. The lowest BCUT2D eigenvalue weighted by Crippen LogP contribution is -2.34. The standard InChI is InChI=1S/C17H19N3O/c1-2-20(13-18-12-14-8-4-3-5-9-14)17-19-15-10-6-7-11-16(15)21-17/h3-11,18H,2,12-13H2,1H3. The zero-order chi connectivity index (χ0) is 14.5. The fraction of sp³-hybridized carbons (Fsp3) is 0.235. The fourth-order valence-electron chi connectivity index (χ4n) is 2.24. The van der Waals surface area contributed by atoms with Crippen LogP contribution in [-0.4, -0.2) is 18.2 Å². The number of fused-ring (bicyclic) bond motifs is 1. The highest BCUT2D eigenvalue weighted by molar-refractivity contribution is 5.74. The predicted octanol–water partition coefficient (Wildman–Crippen LogP) is 3.40. The molecule has 0 bridgehead atoms. The van der Waals surface area contributed by atoms with Crippen LogP contribution in [0.1, 0.15) is 12.5 Å². The molecule has 0 aliphatic rings. The van der Waals surface area contributed by atoms with E-state index in [0.29, 0.717) is 12.7 Å². The molecule has 0 radical (unpaired) electrons. The largest absolute Gasteiger partial charge is 0.423 e. The first kappa shape index (κ1) is 13.6. The number of nitrogens with zero attached hydrogens (tertiary/aromatic N) is 2. The van der Waals surface area contributed by atoms with Gasteiger partial charge in [-0.05, 0) is 24.6 Å². The van der Waals surface area contributed by atoms with Gasteiger partial charge in [-0.2, -0.15) is 4.98 Å². The zero-order valence-corrected chi connectivity index (χ0v) is 12.1. The minimum absolute atomic E-state index is 0.666. The molecule has 0 saturated heterocycles. The smallest absolute Gasteiger partial charge is 0.299 e. The Balaban J connectivity index is 1.64. The molecule has 4 heteroatoms. The summed E-state index contributed by atoms with van der Waals surface area (Å²) in [4.78, 5) is 6.62. The Morgan fingerprint density at radius 2 is 1.81 bits per heavy atom. The van der Waals surface area contributed by atoms with Crippen molar-refractivity contribution in [1.29, 1.82) is 0 Å². The lowest BCUT2D eigenvalue weighted by atomic mass is 10.2. The zero-order valence-electron chi connectivity index (χ0n) is 12.1. The van der Waals surface area contributed by atoms with Gasteiger partial charge in [0.2, 0.25) is 0 Å². The van der Waals surface area contributed by atoms with Crippen molar-refractivity contribution < 1.29 is 4.42 Å². The van der Waals surface area contributed by atoms with Gasteiger partial charge in [0.25, 0.3) is 6.01 Å². The van der Waals surface area contributed by atoms with Crippen molar-refractivity contribution in [3.05, 3.63) is 60.2 Å². The molecule has 0 aliphatic carbocycles. The molecule has 0 atom stereocenters. The fourth-order valence-corrected chi connectivity index (χ4v) is 2.24. The topological polar surface area (TPSA) is 41.3 Å². The Morgan fingerprint density at radius 3 is 2.57 bits per heavy atom. The third kappa shape index (κ3) is 3.23. The first-order valence-corrected chi connectivity index (χ1v) is 7.22. The number of aromatic nitrogens is 1. The van der Waals surface area contributed by atoms with Crippen molar-refractivity contribution >= 4 is 17.1 Å². The van der Waals surface area contributed by atoms with E-state index in [4.69, 9.17) is 4.42 Å². The van der Waals surface area contributed by atoms with E-state index in [9.17, 15) is 0 Å². The van der Waals surface area contributed by atoms with Crippen LogP contribution in [0.25, 0.3) is 11.1 Å². The van der Waals surface area contributed by atoms with Crippen LogP contribution in [-0.2, 0) is 6.54 Å². The van der Waals surface area contributed by atoms with Crippen molar-refractivity contribution in [1.82, 2.24) is 10.3 Å². The molecule has 2 aromatic carbocycles. The molecule has 108 valence electrons. The van der Waals surface area contributed by atoms with Crippen LogP contribution < -0.4 is 10.2 Å². The summed E-state index contributed by atoms with van der Waals surface area (Å²) in [6, 6.07) is 18.9. The number of nitrogens with one attached hydrogen (secondary N) is 1. The molecule has 1 aromatic heterocycles. The van der Waals surface area contributed by atoms with Gasteiger partial charge in [-0.1, -0.05) is 42.5 Å². The van der Waals surface area contributed by atoms with Gasteiger partial charge in [0.1, 0.15) is 5.52 Å². The summed E-state index contributed by atoms with van der Waals surface area (Å²) in [5, 5.41) is 3.42. The van der Waals surface area contributed by atoms with Gasteiger partial charge in [-0.3, -0.25) is 5.32 Å². The first-order valence-electron chi connectivity index (χ1n) is 7.22. The highest BCUT2D eigenvalue weighted by atomic mass is 16.4. The van der Waals surface area contributed by atoms with Crippen molar-refractivity contribution in [3.63, 3.8) is 0 Å². The lowest BCUT2D eigenvalue weighted by molar-refractivity contribution is 0.546. The Morgan fingerprint density at radius 1 is 1.05 bits per heavy atom. The summed E-state index contributed by atoms with van der Waals surface area (Å²) in [5.41, 5.74) is 2.99. The number of para-hydroxylation sites is 2. The van der Waals surface area contributed by atoms with E-state index in [1.807, 2.05) is 30.3 Å². The molecule has 0 unspecified atom stereocenters. The number of hydrogen-bond acceptors (Lipinski definition) is 4. The maximum Gasteiger partial charge on any atom is 0.299 e. The number of rotatable bonds is 6. The number of benzene rings is 2. The van der Waals surface area contributed by atoms with Gasteiger partial charge in [0.05, 0.1) is 6.67 Å². The van der Waals surface area contributed by atoms with E-state index in [-0.39, 0.29) is 0 Å². The molecular weight excluding hydrogens is 262 g/mol. The molecule has 1 N–H and O–H groups in total. The van der Waals surface area contributed by atoms with E-state index < -0.39 is 0 Å². The first-order chi connectivity index (χ1) is 10.4. The van der Waals surface area contributed by atoms with Crippen LogP contribution >= 0.6 is 0 Å². The maximum atomic E-state index is 5.80. The van der Waals surface area contributed by atoms with Gasteiger partial charge < -0.3 is 9.32 Å². The van der Waals surface area contributed by atoms with Crippen LogP contribution in [0, 0.1) is 0 Å². The Hall–Kier alpha value is -2.33. The van der Waals surface area contributed by atoms with E-state index in [0.717, 1.165) is 24.2 Å². The molecule has 0 spiro atoms. The SMILES string of the molecule is CCN(CNCc1ccccc1)c1nc2ccccc2o1. The van der Waals surface area contributed by atoms with Gasteiger partial charge in [0.15, 0.2) is 5.58 Å². The molecule has 0 saturated carbocycles. The predicted molar refractivity (Wildman–Crippen MR) is 85.2 cm³/mol. The Bertz CT molecular complexity index is 660.